The first kappa shape index (κ1) is 18.1. The first-order valence-electron chi connectivity index (χ1n) is 7.20. The van der Waals surface area contributed by atoms with Gasteiger partial charge in [-0.25, -0.2) is 0 Å². The lowest BCUT2D eigenvalue weighted by molar-refractivity contribution is -0.137. The maximum absolute atomic E-state index is 12.8. The Morgan fingerprint density at radius 3 is 2.46 bits per heavy atom. The minimum absolute atomic E-state index is 0.0686. The van der Waals surface area contributed by atoms with Gasteiger partial charge in [0, 0.05) is 31.4 Å². The minimum atomic E-state index is -4.56. The lowest BCUT2D eigenvalue weighted by atomic mass is 10.2. The number of rotatable bonds is 5. The topological polar surface area (TPSA) is 32.3 Å². The number of hydrogen-bond donors (Lipinski definition) is 1. The molecule has 128 valence electrons. The molecular formula is C17H16ClF3N2O. The standard InChI is InChI=1S/C17H16ClF3N2O/c1-23(13-5-3-2-4-6-13)10-9-16(24)22-12-7-8-15(18)14(11-12)17(19,20)21/h2-8,11H,9-10H2,1H3,(H,22,24). The molecule has 0 bridgehead atoms. The summed E-state index contributed by atoms with van der Waals surface area (Å²) in [6.45, 7) is 0.440. The molecule has 0 heterocycles. The van der Waals surface area contributed by atoms with Crippen LogP contribution in [-0.4, -0.2) is 19.5 Å². The number of carbonyl (C=O) groups excluding carboxylic acids is 1. The molecule has 2 aromatic rings. The largest absolute Gasteiger partial charge is 0.417 e. The molecule has 2 aromatic carbocycles. The lowest BCUT2D eigenvalue weighted by Crippen LogP contribution is -2.24. The number of nitrogens with one attached hydrogen (secondary N) is 1. The molecule has 0 radical (unpaired) electrons. The van der Waals surface area contributed by atoms with Crippen LogP contribution in [0.25, 0.3) is 0 Å². The first-order valence-corrected chi connectivity index (χ1v) is 7.58. The predicted octanol–water partition coefficient (Wildman–Crippen LogP) is 4.82. The van der Waals surface area contributed by atoms with Crippen LogP contribution in [0.3, 0.4) is 0 Å². The Morgan fingerprint density at radius 2 is 1.83 bits per heavy atom. The van der Waals surface area contributed by atoms with Gasteiger partial charge in [-0.1, -0.05) is 29.8 Å². The molecule has 0 aliphatic carbocycles. The van der Waals surface area contributed by atoms with Crippen LogP contribution >= 0.6 is 11.6 Å². The first-order chi connectivity index (χ1) is 11.3. The number of benzene rings is 2. The average Bonchev–Trinajstić information content (AvgIpc) is 2.54. The van der Waals surface area contributed by atoms with Crippen LogP contribution in [0.5, 0.6) is 0 Å². The molecule has 2 rings (SSSR count). The molecule has 0 spiro atoms. The second-order valence-corrected chi connectivity index (χ2v) is 5.65. The summed E-state index contributed by atoms with van der Waals surface area (Å²) in [5, 5.41) is 2.07. The van der Waals surface area contributed by atoms with E-state index < -0.39 is 16.8 Å². The van der Waals surface area contributed by atoms with E-state index in [1.54, 1.807) is 0 Å². The second-order valence-electron chi connectivity index (χ2n) is 5.25. The van der Waals surface area contributed by atoms with E-state index in [-0.39, 0.29) is 18.0 Å². The molecule has 24 heavy (non-hydrogen) atoms. The summed E-state index contributed by atoms with van der Waals surface area (Å²) in [7, 11) is 1.84. The summed E-state index contributed by atoms with van der Waals surface area (Å²) in [6.07, 6.45) is -4.42. The van der Waals surface area contributed by atoms with Gasteiger partial charge in [0.1, 0.15) is 0 Å². The van der Waals surface area contributed by atoms with Crippen LogP contribution in [0, 0.1) is 0 Å². The Labute approximate surface area is 143 Å². The number of nitrogens with zero attached hydrogens (tertiary/aromatic N) is 1. The van der Waals surface area contributed by atoms with Crippen LogP contribution in [0.4, 0.5) is 24.5 Å². The second kappa shape index (κ2) is 7.57. The highest BCUT2D eigenvalue weighted by atomic mass is 35.5. The van der Waals surface area contributed by atoms with Crippen molar-refractivity contribution >= 4 is 28.9 Å². The van der Waals surface area contributed by atoms with Gasteiger partial charge in [-0.2, -0.15) is 13.2 Å². The van der Waals surface area contributed by atoms with Crippen LogP contribution < -0.4 is 10.2 Å². The van der Waals surface area contributed by atoms with E-state index in [9.17, 15) is 18.0 Å². The fraction of sp³-hybridized carbons (Fsp3) is 0.235. The molecule has 0 saturated heterocycles. The number of anilines is 2. The van der Waals surface area contributed by atoms with E-state index in [4.69, 9.17) is 11.6 Å². The number of alkyl halides is 3. The zero-order valence-electron chi connectivity index (χ0n) is 12.9. The highest BCUT2D eigenvalue weighted by Gasteiger charge is 2.33. The van der Waals surface area contributed by atoms with Gasteiger partial charge in [0.25, 0.3) is 0 Å². The average molecular weight is 357 g/mol. The Balaban J connectivity index is 1.95. The van der Waals surface area contributed by atoms with Gasteiger partial charge in [-0.3, -0.25) is 4.79 Å². The summed E-state index contributed by atoms with van der Waals surface area (Å²) in [4.78, 5) is 13.8. The fourth-order valence-corrected chi connectivity index (χ4v) is 2.35. The van der Waals surface area contributed by atoms with Gasteiger partial charge in [-0.05, 0) is 30.3 Å². The zero-order chi connectivity index (χ0) is 17.7. The maximum Gasteiger partial charge on any atom is 0.417 e. The van der Waals surface area contributed by atoms with E-state index in [0.717, 1.165) is 17.8 Å². The predicted molar refractivity (Wildman–Crippen MR) is 89.4 cm³/mol. The lowest BCUT2D eigenvalue weighted by Gasteiger charge is -2.19. The molecular weight excluding hydrogens is 341 g/mol. The molecule has 0 aromatic heterocycles. The van der Waals surface area contributed by atoms with E-state index in [1.165, 1.54) is 6.07 Å². The third kappa shape index (κ3) is 4.89. The fourth-order valence-electron chi connectivity index (χ4n) is 2.12. The van der Waals surface area contributed by atoms with E-state index in [2.05, 4.69) is 5.32 Å². The molecule has 1 N–H and O–H groups in total. The molecule has 0 saturated carbocycles. The van der Waals surface area contributed by atoms with E-state index in [1.807, 2.05) is 42.3 Å². The van der Waals surface area contributed by atoms with Gasteiger partial charge < -0.3 is 10.2 Å². The molecule has 0 unspecified atom stereocenters. The van der Waals surface area contributed by atoms with Crippen molar-refractivity contribution in [3.63, 3.8) is 0 Å². The molecule has 0 aliphatic heterocycles. The number of halogens is 4. The smallest absolute Gasteiger partial charge is 0.374 e. The zero-order valence-corrected chi connectivity index (χ0v) is 13.7. The summed E-state index contributed by atoms with van der Waals surface area (Å²) in [6, 6.07) is 12.8. The van der Waals surface area contributed by atoms with Crippen molar-refractivity contribution in [1.29, 1.82) is 0 Å². The van der Waals surface area contributed by atoms with Crippen molar-refractivity contribution in [2.45, 2.75) is 12.6 Å². The Morgan fingerprint density at radius 1 is 1.17 bits per heavy atom. The van der Waals surface area contributed by atoms with Gasteiger partial charge >= 0.3 is 6.18 Å². The monoisotopic (exact) mass is 356 g/mol. The molecule has 3 nitrogen and oxygen atoms in total. The van der Waals surface area contributed by atoms with Crippen molar-refractivity contribution in [2.75, 3.05) is 23.8 Å². The summed E-state index contributed by atoms with van der Waals surface area (Å²) < 4.78 is 38.4. The quantitative estimate of drug-likeness (QED) is 0.832. The van der Waals surface area contributed by atoms with Crippen LogP contribution in [-0.2, 0) is 11.0 Å². The summed E-state index contributed by atoms with van der Waals surface area (Å²) in [5.74, 6) is -0.367. The van der Waals surface area contributed by atoms with Gasteiger partial charge in [0.2, 0.25) is 5.91 Å². The summed E-state index contributed by atoms with van der Waals surface area (Å²) >= 11 is 5.55. The number of carbonyl (C=O) groups is 1. The van der Waals surface area contributed by atoms with Gasteiger partial charge in [0.05, 0.1) is 10.6 Å². The van der Waals surface area contributed by atoms with Crippen molar-refractivity contribution in [3.8, 4) is 0 Å². The number of hydrogen-bond acceptors (Lipinski definition) is 2. The van der Waals surface area contributed by atoms with E-state index in [0.29, 0.717) is 6.54 Å². The van der Waals surface area contributed by atoms with Crippen molar-refractivity contribution in [2.24, 2.45) is 0 Å². The van der Waals surface area contributed by atoms with Crippen molar-refractivity contribution < 1.29 is 18.0 Å². The Kier molecular flexibility index (Phi) is 5.72. The highest BCUT2D eigenvalue weighted by molar-refractivity contribution is 6.31. The molecule has 1 amide bonds. The maximum atomic E-state index is 12.8. The molecule has 0 aliphatic rings. The van der Waals surface area contributed by atoms with Crippen LogP contribution in [0.15, 0.2) is 48.5 Å². The molecule has 7 heteroatoms. The van der Waals surface area contributed by atoms with Crippen molar-refractivity contribution in [3.05, 3.63) is 59.1 Å². The molecule has 0 fully saturated rings. The van der Waals surface area contributed by atoms with Crippen LogP contribution in [0.2, 0.25) is 5.02 Å². The summed E-state index contributed by atoms with van der Waals surface area (Å²) in [5.41, 5.74) is 0.0543. The van der Waals surface area contributed by atoms with Gasteiger partial charge in [0.15, 0.2) is 0 Å². The normalized spacial score (nSPS) is 11.2. The third-order valence-corrected chi connectivity index (χ3v) is 3.76. The minimum Gasteiger partial charge on any atom is -0.374 e. The third-order valence-electron chi connectivity index (χ3n) is 3.43. The van der Waals surface area contributed by atoms with Crippen LogP contribution in [0.1, 0.15) is 12.0 Å². The Bertz CT molecular complexity index is 705. The number of amides is 1. The SMILES string of the molecule is CN(CCC(=O)Nc1ccc(Cl)c(C(F)(F)F)c1)c1ccccc1. The molecule has 0 atom stereocenters. The number of para-hydroxylation sites is 1. The highest BCUT2D eigenvalue weighted by Crippen LogP contribution is 2.36. The van der Waals surface area contributed by atoms with E-state index >= 15 is 0 Å². The van der Waals surface area contributed by atoms with Gasteiger partial charge in [-0.15, -0.1) is 0 Å². The van der Waals surface area contributed by atoms with Crippen molar-refractivity contribution in [1.82, 2.24) is 0 Å². The Hall–Kier alpha value is -2.21.